The highest BCUT2D eigenvalue weighted by Crippen LogP contribution is 2.34. The van der Waals surface area contributed by atoms with Crippen molar-refractivity contribution in [3.63, 3.8) is 0 Å². The average molecular weight is 550 g/mol. The van der Waals surface area contributed by atoms with Gasteiger partial charge in [0, 0.05) is 20.2 Å². The van der Waals surface area contributed by atoms with E-state index < -0.39 is 0 Å². The highest BCUT2D eigenvalue weighted by Gasteiger charge is 2.22. The van der Waals surface area contributed by atoms with E-state index in [1.165, 1.54) is 149 Å². The van der Waals surface area contributed by atoms with Crippen molar-refractivity contribution < 1.29 is 0 Å². The van der Waals surface area contributed by atoms with E-state index in [0.717, 1.165) is 5.92 Å². The molecule has 0 saturated heterocycles. The van der Waals surface area contributed by atoms with Crippen LogP contribution < -0.4 is 0 Å². The average Bonchev–Trinajstić information content (AvgIpc) is 3.15. The number of benzene rings is 1. The summed E-state index contributed by atoms with van der Waals surface area (Å²) in [5.74, 6) is 0.910. The van der Waals surface area contributed by atoms with Gasteiger partial charge < -0.3 is 4.98 Å². The number of unbranched alkanes of at least 4 members (excludes halogenated alkanes) is 15. The van der Waals surface area contributed by atoms with E-state index in [4.69, 9.17) is 0 Å². The predicted molar refractivity (Wildman–Crippen MR) is 151 cm³/mol. The molecule has 32 heavy (non-hydrogen) atoms. The molecule has 1 atom stereocenters. The molecule has 2 heteroatoms. The van der Waals surface area contributed by atoms with Crippen LogP contribution in [0.5, 0.6) is 0 Å². The van der Waals surface area contributed by atoms with Gasteiger partial charge in [-0.3, -0.25) is 0 Å². The van der Waals surface area contributed by atoms with Crippen LogP contribution in [-0.4, -0.2) is 4.98 Å². The number of nitrogens with one attached hydrogen (secondary N) is 1. The number of fused-ring (bicyclic) bond motifs is 3. The van der Waals surface area contributed by atoms with Crippen LogP contribution in [0.2, 0.25) is 0 Å². The lowest BCUT2D eigenvalue weighted by Gasteiger charge is -2.22. The minimum absolute atomic E-state index is 0.910. The number of halogens is 1. The Kier molecular flexibility index (Phi) is 12.6. The molecule has 1 aliphatic rings. The van der Waals surface area contributed by atoms with Gasteiger partial charge >= 0.3 is 0 Å². The van der Waals surface area contributed by atoms with Crippen LogP contribution in [0.1, 0.15) is 134 Å². The molecule has 2 aromatic rings. The minimum Gasteiger partial charge on any atom is -0.358 e. The first kappa shape index (κ1) is 26.1. The lowest BCUT2D eigenvalue weighted by Crippen LogP contribution is -2.13. The summed E-state index contributed by atoms with van der Waals surface area (Å²) in [7, 11) is 0. The summed E-state index contributed by atoms with van der Waals surface area (Å²) in [6.07, 6.45) is 28.7. The van der Waals surface area contributed by atoms with Crippen molar-refractivity contribution in [2.75, 3.05) is 0 Å². The second kappa shape index (κ2) is 15.4. The van der Waals surface area contributed by atoms with Gasteiger partial charge in [0.15, 0.2) is 0 Å². The zero-order valence-corrected chi connectivity index (χ0v) is 23.0. The first-order valence-electron chi connectivity index (χ1n) is 14.1. The van der Waals surface area contributed by atoms with Crippen LogP contribution >= 0.6 is 22.6 Å². The number of aromatic nitrogens is 1. The molecule has 0 bridgehead atoms. The van der Waals surface area contributed by atoms with Crippen LogP contribution in [0, 0.1) is 9.49 Å². The van der Waals surface area contributed by atoms with Gasteiger partial charge in [0.2, 0.25) is 0 Å². The maximum atomic E-state index is 3.70. The molecule has 1 aliphatic carbocycles. The van der Waals surface area contributed by atoms with Crippen molar-refractivity contribution in [3.8, 4) is 0 Å². The van der Waals surface area contributed by atoms with E-state index >= 15 is 0 Å². The van der Waals surface area contributed by atoms with Gasteiger partial charge in [0.1, 0.15) is 0 Å². The third kappa shape index (κ3) is 9.03. The van der Waals surface area contributed by atoms with Crippen LogP contribution in [0.25, 0.3) is 10.9 Å². The Morgan fingerprint density at radius 3 is 1.94 bits per heavy atom. The van der Waals surface area contributed by atoms with E-state index in [-0.39, 0.29) is 0 Å². The number of hydrogen-bond donors (Lipinski definition) is 1. The van der Waals surface area contributed by atoms with Crippen molar-refractivity contribution in [2.45, 2.75) is 135 Å². The second-order valence-electron chi connectivity index (χ2n) is 10.5. The van der Waals surface area contributed by atoms with Gasteiger partial charge in [-0.2, -0.15) is 0 Å². The van der Waals surface area contributed by atoms with Crippen LogP contribution in [0.4, 0.5) is 0 Å². The summed E-state index contributed by atoms with van der Waals surface area (Å²) >= 11 is 2.42. The van der Waals surface area contributed by atoms with Crippen molar-refractivity contribution >= 4 is 33.5 Å². The Balaban J connectivity index is 1.14. The molecule has 0 fully saturated rings. The predicted octanol–water partition coefficient (Wildman–Crippen LogP) is 10.5. The zero-order valence-electron chi connectivity index (χ0n) is 20.8. The van der Waals surface area contributed by atoms with Crippen LogP contribution in [0.3, 0.4) is 0 Å². The fraction of sp³-hybridized carbons (Fsp3) is 0.733. The molecule has 1 aromatic carbocycles. The Morgan fingerprint density at radius 2 is 1.34 bits per heavy atom. The van der Waals surface area contributed by atoms with Crippen LogP contribution in [-0.2, 0) is 12.8 Å². The highest BCUT2D eigenvalue weighted by molar-refractivity contribution is 14.1. The van der Waals surface area contributed by atoms with E-state index in [9.17, 15) is 0 Å². The molecule has 1 unspecified atom stereocenters. The van der Waals surface area contributed by atoms with Gasteiger partial charge in [0.05, 0.1) is 0 Å². The summed E-state index contributed by atoms with van der Waals surface area (Å²) < 4.78 is 1.33. The van der Waals surface area contributed by atoms with Crippen molar-refractivity contribution in [1.82, 2.24) is 4.98 Å². The van der Waals surface area contributed by atoms with Gasteiger partial charge in [-0.1, -0.05) is 122 Å². The molecule has 0 aliphatic heterocycles. The molecule has 1 aromatic heterocycles. The largest absolute Gasteiger partial charge is 0.358 e. The molecule has 0 saturated carbocycles. The first-order valence-corrected chi connectivity index (χ1v) is 15.1. The van der Waals surface area contributed by atoms with E-state index in [0.29, 0.717) is 0 Å². The quantitative estimate of drug-likeness (QED) is 0.149. The van der Waals surface area contributed by atoms with Crippen molar-refractivity contribution in [2.24, 2.45) is 5.92 Å². The van der Waals surface area contributed by atoms with E-state index in [1.807, 2.05) is 0 Å². The normalized spacial score (nSPS) is 16.0. The van der Waals surface area contributed by atoms with E-state index in [1.54, 1.807) is 5.56 Å². The maximum Gasteiger partial charge on any atom is 0.0469 e. The number of aryl methyl sites for hydroxylation is 1. The third-order valence-electron chi connectivity index (χ3n) is 7.72. The second-order valence-corrected chi connectivity index (χ2v) is 11.7. The molecule has 1 heterocycles. The highest BCUT2D eigenvalue weighted by atomic mass is 127. The minimum atomic E-state index is 0.910. The zero-order chi connectivity index (χ0) is 22.4. The fourth-order valence-corrected chi connectivity index (χ4v) is 6.19. The standard InChI is InChI=1S/C30H48IN/c1-2-3-4-5-6-7-8-9-10-11-12-13-14-15-16-17-18-25-19-22-29-28(23-25)27-21-20-26(31)24-30(27)32-29/h20-21,24-25,32H,2-19,22-23H2,1H3. The SMILES string of the molecule is CCCCCCCCCCCCCCCCCCC1CCc2[nH]c3cc(I)ccc3c2C1. The molecule has 180 valence electrons. The van der Waals surface area contributed by atoms with Crippen LogP contribution in [0.15, 0.2) is 18.2 Å². The third-order valence-corrected chi connectivity index (χ3v) is 8.39. The lowest BCUT2D eigenvalue weighted by atomic mass is 9.83. The maximum absolute atomic E-state index is 3.70. The number of rotatable bonds is 17. The number of hydrogen-bond acceptors (Lipinski definition) is 0. The fourth-order valence-electron chi connectivity index (χ4n) is 5.70. The van der Waals surface area contributed by atoms with Gasteiger partial charge in [-0.05, 0) is 65.5 Å². The topological polar surface area (TPSA) is 15.8 Å². The van der Waals surface area contributed by atoms with Crippen molar-refractivity contribution in [1.29, 1.82) is 0 Å². The smallest absolute Gasteiger partial charge is 0.0469 e. The Morgan fingerprint density at radius 1 is 0.781 bits per heavy atom. The number of aromatic amines is 1. The Labute approximate surface area is 212 Å². The first-order chi connectivity index (χ1) is 15.8. The monoisotopic (exact) mass is 549 g/mol. The van der Waals surface area contributed by atoms with Gasteiger partial charge in [-0.15, -0.1) is 0 Å². The Hall–Kier alpha value is -0.510. The summed E-state index contributed by atoms with van der Waals surface area (Å²) in [5.41, 5.74) is 4.50. The summed E-state index contributed by atoms with van der Waals surface area (Å²) in [5, 5.41) is 1.48. The summed E-state index contributed by atoms with van der Waals surface area (Å²) in [4.78, 5) is 3.70. The van der Waals surface area contributed by atoms with Gasteiger partial charge in [-0.25, -0.2) is 0 Å². The summed E-state index contributed by atoms with van der Waals surface area (Å²) in [6.45, 7) is 2.30. The Bertz CT molecular complexity index is 762. The lowest BCUT2D eigenvalue weighted by molar-refractivity contribution is 0.403. The van der Waals surface area contributed by atoms with Crippen molar-refractivity contribution in [3.05, 3.63) is 33.0 Å². The molecule has 3 rings (SSSR count). The molecule has 0 spiro atoms. The molecular formula is C30H48IN. The van der Waals surface area contributed by atoms with E-state index in [2.05, 4.69) is 52.7 Å². The molecule has 1 N–H and O–H groups in total. The molecule has 1 nitrogen and oxygen atoms in total. The molecule has 0 amide bonds. The molecule has 0 radical (unpaired) electrons. The summed E-state index contributed by atoms with van der Waals surface area (Å²) in [6, 6.07) is 6.90. The number of H-pyrrole nitrogens is 1. The van der Waals surface area contributed by atoms with Gasteiger partial charge in [0.25, 0.3) is 0 Å². The molecular weight excluding hydrogens is 501 g/mol.